The second-order valence-electron chi connectivity index (χ2n) is 4.90. The Morgan fingerprint density at radius 2 is 1.95 bits per heavy atom. The molecular weight excluding hydrogens is 348 g/mol. The van der Waals surface area contributed by atoms with E-state index in [2.05, 4.69) is 31.2 Å². The number of benzene rings is 1. The molecule has 0 amide bonds. The molecule has 0 saturated heterocycles. The first kappa shape index (κ1) is 14.8. The highest BCUT2D eigenvalue weighted by atomic mass is 79.9. The second-order valence-corrected chi connectivity index (χ2v) is 5.69. The first-order chi connectivity index (χ1) is 10.6. The van der Waals surface area contributed by atoms with E-state index in [4.69, 9.17) is 9.15 Å². The van der Waals surface area contributed by atoms with Crippen LogP contribution < -0.4 is 4.74 Å². The van der Waals surface area contributed by atoms with Crippen molar-refractivity contribution in [3.8, 4) is 17.3 Å². The number of methoxy groups -OCH3 is 1. The molecule has 22 heavy (non-hydrogen) atoms. The summed E-state index contributed by atoms with van der Waals surface area (Å²) in [5.41, 5.74) is 2.74. The third-order valence-electron chi connectivity index (χ3n) is 3.44. The van der Waals surface area contributed by atoms with Crippen LogP contribution in [0.5, 0.6) is 5.75 Å². The highest BCUT2D eigenvalue weighted by Crippen LogP contribution is 2.29. The number of rotatable bonds is 4. The fraction of sp³-hybridized carbons (Fsp3) is 0.267. The predicted octanol–water partition coefficient (Wildman–Crippen LogP) is 3.14. The quantitative estimate of drug-likeness (QED) is 0.713. The van der Waals surface area contributed by atoms with E-state index in [1.807, 2.05) is 38.2 Å². The molecule has 3 aromatic rings. The van der Waals surface area contributed by atoms with E-state index in [-0.39, 0.29) is 0 Å². The van der Waals surface area contributed by atoms with Crippen molar-refractivity contribution in [2.24, 2.45) is 7.05 Å². The Bertz CT molecular complexity index is 792. The first-order valence-corrected chi connectivity index (χ1v) is 7.52. The summed E-state index contributed by atoms with van der Waals surface area (Å²) in [5.74, 6) is 1.79. The topological polar surface area (TPSA) is 66.0 Å². The van der Waals surface area contributed by atoms with Crippen molar-refractivity contribution in [2.75, 3.05) is 7.11 Å². The average molecular weight is 363 g/mol. The Morgan fingerprint density at radius 1 is 1.23 bits per heavy atom. The van der Waals surface area contributed by atoms with Gasteiger partial charge in [0.05, 0.1) is 23.7 Å². The number of ether oxygens (including phenoxy) is 1. The molecule has 0 radical (unpaired) electrons. The summed E-state index contributed by atoms with van der Waals surface area (Å²) < 4.78 is 13.5. The van der Waals surface area contributed by atoms with Gasteiger partial charge in [0.15, 0.2) is 5.69 Å². The minimum Gasteiger partial charge on any atom is -0.497 e. The number of aryl methyl sites for hydroxylation is 1. The summed E-state index contributed by atoms with van der Waals surface area (Å²) in [7, 11) is 3.52. The second kappa shape index (κ2) is 5.92. The molecule has 2 heterocycles. The largest absolute Gasteiger partial charge is 0.497 e. The van der Waals surface area contributed by atoms with Crippen LogP contribution in [0.1, 0.15) is 17.1 Å². The molecule has 1 aromatic carbocycles. The lowest BCUT2D eigenvalue weighted by Gasteiger charge is -2.00. The lowest BCUT2D eigenvalue weighted by Crippen LogP contribution is -1.92. The lowest BCUT2D eigenvalue weighted by atomic mass is 10.1. The van der Waals surface area contributed by atoms with Crippen LogP contribution in [0.3, 0.4) is 0 Å². The smallest absolute Gasteiger partial charge is 0.269 e. The van der Waals surface area contributed by atoms with Gasteiger partial charge in [-0.1, -0.05) is 12.1 Å². The molecule has 2 aromatic heterocycles. The Balaban J connectivity index is 1.82. The summed E-state index contributed by atoms with van der Waals surface area (Å²) in [6.07, 6.45) is 0.570. The van der Waals surface area contributed by atoms with Gasteiger partial charge < -0.3 is 9.15 Å². The van der Waals surface area contributed by atoms with Crippen molar-refractivity contribution >= 4 is 15.9 Å². The fourth-order valence-electron chi connectivity index (χ4n) is 2.06. The van der Waals surface area contributed by atoms with Crippen LogP contribution in [0.25, 0.3) is 11.6 Å². The van der Waals surface area contributed by atoms with E-state index in [0.29, 0.717) is 23.9 Å². The monoisotopic (exact) mass is 362 g/mol. The maximum absolute atomic E-state index is 5.72. The summed E-state index contributed by atoms with van der Waals surface area (Å²) in [6, 6.07) is 7.77. The number of nitrogens with zero attached hydrogens (tertiary/aromatic N) is 4. The molecule has 0 bridgehead atoms. The third kappa shape index (κ3) is 2.76. The van der Waals surface area contributed by atoms with Crippen molar-refractivity contribution < 1.29 is 9.15 Å². The van der Waals surface area contributed by atoms with E-state index in [9.17, 15) is 0 Å². The minimum atomic E-state index is 0.416. The Morgan fingerprint density at radius 3 is 2.55 bits per heavy atom. The minimum absolute atomic E-state index is 0.416. The SMILES string of the molecule is COc1ccc(Cc2nnc(-c3nn(C)c(C)c3Br)o2)cc1. The van der Waals surface area contributed by atoms with Crippen molar-refractivity contribution in [1.82, 2.24) is 20.0 Å². The zero-order valence-corrected chi connectivity index (χ0v) is 14.1. The number of hydrogen-bond acceptors (Lipinski definition) is 5. The van der Waals surface area contributed by atoms with E-state index in [1.165, 1.54) is 0 Å². The van der Waals surface area contributed by atoms with Crippen LogP contribution in [0.15, 0.2) is 33.2 Å². The molecule has 0 aliphatic rings. The van der Waals surface area contributed by atoms with Gasteiger partial charge in [-0.3, -0.25) is 4.68 Å². The Labute approximate surface area is 136 Å². The van der Waals surface area contributed by atoms with Crippen LogP contribution >= 0.6 is 15.9 Å². The molecule has 0 atom stereocenters. The standard InChI is InChI=1S/C15H15BrN4O2/c1-9-13(16)14(19-20(9)2)15-18-17-12(22-15)8-10-4-6-11(21-3)7-5-10/h4-7H,8H2,1-3H3. The van der Waals surface area contributed by atoms with Gasteiger partial charge in [0.2, 0.25) is 5.89 Å². The van der Waals surface area contributed by atoms with Gasteiger partial charge in [0.1, 0.15) is 5.75 Å². The van der Waals surface area contributed by atoms with Gasteiger partial charge in [-0.05, 0) is 40.5 Å². The van der Waals surface area contributed by atoms with Gasteiger partial charge >= 0.3 is 0 Å². The van der Waals surface area contributed by atoms with E-state index < -0.39 is 0 Å². The zero-order chi connectivity index (χ0) is 15.7. The van der Waals surface area contributed by atoms with Crippen molar-refractivity contribution in [3.63, 3.8) is 0 Å². The molecule has 0 aliphatic heterocycles. The Hall–Kier alpha value is -2.15. The molecule has 3 rings (SSSR count). The maximum Gasteiger partial charge on any atom is 0.269 e. The first-order valence-electron chi connectivity index (χ1n) is 6.73. The van der Waals surface area contributed by atoms with Crippen LogP contribution in [-0.2, 0) is 13.5 Å². The number of halogens is 1. The predicted molar refractivity (Wildman–Crippen MR) is 84.7 cm³/mol. The molecule has 0 unspecified atom stereocenters. The van der Waals surface area contributed by atoms with E-state index in [1.54, 1.807) is 11.8 Å². The number of aromatic nitrogens is 4. The van der Waals surface area contributed by atoms with Crippen LogP contribution in [0.4, 0.5) is 0 Å². The maximum atomic E-state index is 5.72. The van der Waals surface area contributed by atoms with Crippen molar-refractivity contribution in [1.29, 1.82) is 0 Å². The van der Waals surface area contributed by atoms with Gasteiger partial charge in [0, 0.05) is 7.05 Å². The molecule has 0 saturated carbocycles. The van der Waals surface area contributed by atoms with Crippen molar-refractivity contribution in [3.05, 3.63) is 45.9 Å². The molecule has 0 N–H and O–H groups in total. The van der Waals surface area contributed by atoms with Gasteiger partial charge in [0.25, 0.3) is 5.89 Å². The highest BCUT2D eigenvalue weighted by Gasteiger charge is 2.18. The normalized spacial score (nSPS) is 10.9. The lowest BCUT2D eigenvalue weighted by molar-refractivity contribution is 0.414. The molecule has 0 fully saturated rings. The molecule has 7 heteroatoms. The molecule has 0 spiro atoms. The Kier molecular flexibility index (Phi) is 3.98. The van der Waals surface area contributed by atoms with Gasteiger partial charge in [-0.2, -0.15) is 5.10 Å². The summed E-state index contributed by atoms with van der Waals surface area (Å²) >= 11 is 3.50. The molecule has 0 aliphatic carbocycles. The van der Waals surface area contributed by atoms with Gasteiger partial charge in [-0.25, -0.2) is 0 Å². The molecular formula is C15H15BrN4O2. The summed E-state index contributed by atoms with van der Waals surface area (Å²) in [5, 5.41) is 12.6. The molecule has 6 nitrogen and oxygen atoms in total. The highest BCUT2D eigenvalue weighted by molar-refractivity contribution is 9.10. The number of hydrogen-bond donors (Lipinski definition) is 0. The van der Waals surface area contributed by atoms with E-state index >= 15 is 0 Å². The summed E-state index contributed by atoms with van der Waals surface area (Å²) in [4.78, 5) is 0. The zero-order valence-electron chi connectivity index (χ0n) is 12.5. The summed E-state index contributed by atoms with van der Waals surface area (Å²) in [6.45, 7) is 1.97. The van der Waals surface area contributed by atoms with Gasteiger partial charge in [-0.15, -0.1) is 10.2 Å². The van der Waals surface area contributed by atoms with Crippen molar-refractivity contribution in [2.45, 2.75) is 13.3 Å². The van der Waals surface area contributed by atoms with Crippen LogP contribution in [0, 0.1) is 6.92 Å². The molecule has 114 valence electrons. The fourth-order valence-corrected chi connectivity index (χ4v) is 2.56. The average Bonchev–Trinajstić information content (AvgIpc) is 3.08. The van der Waals surface area contributed by atoms with E-state index in [0.717, 1.165) is 21.5 Å². The van der Waals surface area contributed by atoms with Crippen LogP contribution in [0.2, 0.25) is 0 Å². The van der Waals surface area contributed by atoms with Crippen LogP contribution in [-0.4, -0.2) is 27.1 Å². The third-order valence-corrected chi connectivity index (χ3v) is 4.39.